The molecule has 0 bridgehead atoms. The van der Waals surface area contributed by atoms with Crippen LogP contribution in [0.5, 0.6) is 0 Å². The number of ether oxygens (including phenoxy) is 1. The molecule has 1 aromatic heterocycles. The van der Waals surface area contributed by atoms with Gasteiger partial charge in [-0.25, -0.2) is 0 Å². The number of aromatic nitrogens is 1. The SMILES string of the molecule is CCCCCCc1cc2ccc(Cl)cc2n1C(=O)CC(C)CC(=O)OC. The average molecular weight is 378 g/mol. The number of methoxy groups -OCH3 is 1. The number of carbonyl (C=O) groups excluding carboxylic acids is 2. The van der Waals surface area contributed by atoms with Gasteiger partial charge in [0.2, 0.25) is 5.91 Å². The summed E-state index contributed by atoms with van der Waals surface area (Å²) < 4.78 is 6.50. The van der Waals surface area contributed by atoms with Crippen molar-refractivity contribution in [1.29, 1.82) is 0 Å². The topological polar surface area (TPSA) is 48.3 Å². The number of esters is 1. The Hall–Kier alpha value is -1.81. The fraction of sp³-hybridized carbons (Fsp3) is 0.524. The third-order valence-electron chi connectivity index (χ3n) is 4.64. The Labute approximate surface area is 160 Å². The molecule has 0 N–H and O–H groups in total. The molecule has 0 aliphatic rings. The van der Waals surface area contributed by atoms with Crippen LogP contribution in [-0.2, 0) is 16.0 Å². The molecule has 1 heterocycles. The number of aryl methyl sites for hydroxylation is 1. The van der Waals surface area contributed by atoms with Gasteiger partial charge in [-0.2, -0.15) is 0 Å². The van der Waals surface area contributed by atoms with Crippen molar-refractivity contribution < 1.29 is 14.3 Å². The highest BCUT2D eigenvalue weighted by Gasteiger charge is 2.19. The maximum atomic E-state index is 13.0. The zero-order chi connectivity index (χ0) is 19.1. The molecule has 142 valence electrons. The molecule has 0 aliphatic carbocycles. The largest absolute Gasteiger partial charge is 0.469 e. The summed E-state index contributed by atoms with van der Waals surface area (Å²) in [5, 5.41) is 1.64. The van der Waals surface area contributed by atoms with Crippen molar-refractivity contribution in [3.05, 3.63) is 35.0 Å². The third-order valence-corrected chi connectivity index (χ3v) is 4.88. The number of hydrogen-bond donors (Lipinski definition) is 0. The van der Waals surface area contributed by atoms with Gasteiger partial charge in [0.1, 0.15) is 0 Å². The van der Waals surface area contributed by atoms with Crippen molar-refractivity contribution >= 4 is 34.4 Å². The Kier molecular flexibility index (Phi) is 7.70. The number of halogens is 1. The molecular weight excluding hydrogens is 350 g/mol. The number of unbranched alkanes of at least 4 members (excludes halogenated alkanes) is 3. The highest BCUT2D eigenvalue weighted by atomic mass is 35.5. The van der Waals surface area contributed by atoms with Crippen LogP contribution in [0, 0.1) is 5.92 Å². The Morgan fingerprint density at radius 3 is 2.62 bits per heavy atom. The second kappa shape index (κ2) is 9.77. The van der Waals surface area contributed by atoms with Crippen molar-refractivity contribution in [2.24, 2.45) is 5.92 Å². The van der Waals surface area contributed by atoms with E-state index < -0.39 is 0 Å². The molecule has 0 amide bonds. The van der Waals surface area contributed by atoms with Crippen LogP contribution < -0.4 is 0 Å². The molecule has 0 saturated carbocycles. The molecule has 0 fully saturated rings. The minimum Gasteiger partial charge on any atom is -0.469 e. The first-order valence-electron chi connectivity index (χ1n) is 9.36. The van der Waals surface area contributed by atoms with E-state index >= 15 is 0 Å². The molecule has 2 rings (SSSR count). The quantitative estimate of drug-likeness (QED) is 0.419. The predicted molar refractivity (Wildman–Crippen MR) is 106 cm³/mol. The summed E-state index contributed by atoms with van der Waals surface area (Å²) in [4.78, 5) is 24.4. The number of hydrogen-bond acceptors (Lipinski definition) is 3. The predicted octanol–water partition coefficient (Wildman–Crippen LogP) is 5.65. The molecule has 0 radical (unpaired) electrons. The first-order chi connectivity index (χ1) is 12.5. The lowest BCUT2D eigenvalue weighted by Crippen LogP contribution is -2.18. The Bertz CT molecular complexity index is 766. The fourth-order valence-electron chi connectivity index (χ4n) is 3.27. The molecule has 0 saturated heterocycles. The van der Waals surface area contributed by atoms with Gasteiger partial charge in [0.15, 0.2) is 0 Å². The van der Waals surface area contributed by atoms with Gasteiger partial charge < -0.3 is 4.74 Å². The van der Waals surface area contributed by atoms with Crippen molar-refractivity contribution in [2.75, 3.05) is 7.11 Å². The van der Waals surface area contributed by atoms with E-state index in [9.17, 15) is 9.59 Å². The van der Waals surface area contributed by atoms with E-state index in [0.29, 0.717) is 11.4 Å². The number of nitrogens with zero attached hydrogens (tertiary/aromatic N) is 1. The highest BCUT2D eigenvalue weighted by Crippen LogP contribution is 2.26. The zero-order valence-corrected chi connectivity index (χ0v) is 16.6. The van der Waals surface area contributed by atoms with E-state index in [4.69, 9.17) is 16.3 Å². The maximum absolute atomic E-state index is 13.0. The standard InChI is InChI=1S/C21H28ClNO3/c1-4-5-6-7-8-18-13-16-9-10-17(22)14-19(16)23(18)20(24)11-15(2)12-21(25)26-3/h9-10,13-15H,4-8,11-12H2,1-3H3. The molecule has 2 aromatic rings. The zero-order valence-electron chi connectivity index (χ0n) is 15.9. The maximum Gasteiger partial charge on any atom is 0.305 e. The van der Waals surface area contributed by atoms with E-state index in [0.717, 1.165) is 35.9 Å². The summed E-state index contributed by atoms with van der Waals surface area (Å²) in [6.45, 7) is 4.08. The Morgan fingerprint density at radius 2 is 1.92 bits per heavy atom. The lowest BCUT2D eigenvalue weighted by Gasteiger charge is -2.13. The molecule has 4 nitrogen and oxygen atoms in total. The highest BCUT2D eigenvalue weighted by molar-refractivity contribution is 6.31. The number of rotatable bonds is 9. The van der Waals surface area contributed by atoms with Crippen LogP contribution in [0.4, 0.5) is 0 Å². The summed E-state index contributed by atoms with van der Waals surface area (Å²) in [6, 6.07) is 7.73. The lowest BCUT2D eigenvalue weighted by molar-refractivity contribution is -0.141. The van der Waals surface area contributed by atoms with Gasteiger partial charge in [-0.15, -0.1) is 0 Å². The summed E-state index contributed by atoms with van der Waals surface area (Å²) in [5.74, 6) is -0.353. The molecule has 1 atom stereocenters. The number of carbonyl (C=O) groups is 2. The number of benzene rings is 1. The smallest absolute Gasteiger partial charge is 0.305 e. The van der Waals surface area contributed by atoms with Gasteiger partial charge in [0.05, 0.1) is 12.6 Å². The van der Waals surface area contributed by atoms with E-state index in [-0.39, 0.29) is 24.2 Å². The van der Waals surface area contributed by atoms with Crippen LogP contribution in [0.1, 0.15) is 62.9 Å². The van der Waals surface area contributed by atoms with Gasteiger partial charge in [-0.1, -0.05) is 50.8 Å². The second-order valence-corrected chi connectivity index (χ2v) is 7.40. The van der Waals surface area contributed by atoms with Crippen LogP contribution >= 0.6 is 11.6 Å². The monoisotopic (exact) mass is 377 g/mol. The van der Waals surface area contributed by atoms with Gasteiger partial charge in [-0.05, 0) is 37.0 Å². The summed E-state index contributed by atoms with van der Waals surface area (Å²) >= 11 is 6.16. The average Bonchev–Trinajstić information content (AvgIpc) is 2.95. The van der Waals surface area contributed by atoms with E-state index in [1.807, 2.05) is 25.1 Å². The summed E-state index contributed by atoms with van der Waals surface area (Å²) in [5.41, 5.74) is 1.87. The van der Waals surface area contributed by atoms with Gasteiger partial charge in [-0.3, -0.25) is 14.2 Å². The van der Waals surface area contributed by atoms with E-state index in [1.54, 1.807) is 4.57 Å². The van der Waals surface area contributed by atoms with Gasteiger partial charge >= 0.3 is 5.97 Å². The van der Waals surface area contributed by atoms with Crippen molar-refractivity contribution in [2.45, 2.75) is 58.8 Å². The number of fused-ring (bicyclic) bond motifs is 1. The second-order valence-electron chi connectivity index (χ2n) is 6.97. The molecule has 1 aromatic carbocycles. The van der Waals surface area contributed by atoms with Crippen LogP contribution in [0.3, 0.4) is 0 Å². The molecular formula is C21H28ClNO3. The van der Waals surface area contributed by atoms with Gasteiger partial charge in [0.25, 0.3) is 0 Å². The first kappa shape index (κ1) is 20.5. The Balaban J connectivity index is 2.25. The molecule has 5 heteroatoms. The van der Waals surface area contributed by atoms with Crippen LogP contribution in [0.2, 0.25) is 5.02 Å². The normalized spacial score (nSPS) is 12.3. The lowest BCUT2D eigenvalue weighted by atomic mass is 10.0. The molecule has 1 unspecified atom stereocenters. The van der Waals surface area contributed by atoms with Crippen LogP contribution in [0.25, 0.3) is 10.9 Å². The van der Waals surface area contributed by atoms with Crippen molar-refractivity contribution in [3.63, 3.8) is 0 Å². The van der Waals surface area contributed by atoms with E-state index in [1.165, 1.54) is 20.0 Å². The van der Waals surface area contributed by atoms with Crippen molar-refractivity contribution in [3.8, 4) is 0 Å². The fourth-order valence-corrected chi connectivity index (χ4v) is 3.44. The van der Waals surface area contributed by atoms with Crippen molar-refractivity contribution in [1.82, 2.24) is 4.57 Å². The Morgan fingerprint density at radius 1 is 1.15 bits per heavy atom. The molecule has 0 aliphatic heterocycles. The van der Waals surface area contributed by atoms with Crippen LogP contribution in [-0.4, -0.2) is 23.6 Å². The molecule has 0 spiro atoms. The summed E-state index contributed by atoms with van der Waals surface area (Å²) in [7, 11) is 1.37. The minimum absolute atomic E-state index is 0.00385. The van der Waals surface area contributed by atoms with Crippen LogP contribution in [0.15, 0.2) is 24.3 Å². The first-order valence-corrected chi connectivity index (χ1v) is 9.74. The third kappa shape index (κ3) is 5.34. The van der Waals surface area contributed by atoms with E-state index in [2.05, 4.69) is 13.0 Å². The van der Waals surface area contributed by atoms with Gasteiger partial charge in [0, 0.05) is 28.9 Å². The molecule has 26 heavy (non-hydrogen) atoms. The summed E-state index contributed by atoms with van der Waals surface area (Å²) in [6.07, 6.45) is 6.01. The minimum atomic E-state index is -0.287.